The minimum atomic E-state index is -0.977. The van der Waals surface area contributed by atoms with Crippen LogP contribution in [0.25, 0.3) is 0 Å². The fourth-order valence-corrected chi connectivity index (χ4v) is 0.789. The number of aliphatic hydroxyl groups is 1. The Hall–Kier alpha value is -1.29. The summed E-state index contributed by atoms with van der Waals surface area (Å²) in [6, 6.07) is 0. The van der Waals surface area contributed by atoms with Crippen molar-refractivity contribution < 1.29 is 15.0 Å². The Morgan fingerprint density at radius 3 is 2.82 bits per heavy atom. The number of carboxylic acid groups (broad SMARTS) is 1. The zero-order chi connectivity index (χ0) is 8.27. The number of hydrogen-bond acceptors (Lipinski definition) is 2. The van der Waals surface area contributed by atoms with Crippen LogP contribution in [0.15, 0.2) is 23.9 Å². The zero-order valence-electron chi connectivity index (χ0n) is 5.90. The van der Waals surface area contributed by atoms with Crippen molar-refractivity contribution in [2.45, 2.75) is 0 Å². The van der Waals surface area contributed by atoms with Gasteiger partial charge in [-0.1, -0.05) is 6.08 Å². The minimum absolute atomic E-state index is 0.0377. The molecule has 0 saturated heterocycles. The highest BCUT2D eigenvalue weighted by Gasteiger charge is 2.09. The van der Waals surface area contributed by atoms with E-state index in [2.05, 4.69) is 0 Å². The second-order valence-electron chi connectivity index (χ2n) is 2.19. The van der Waals surface area contributed by atoms with Crippen LogP contribution in [0, 0.1) is 0 Å². The predicted octanol–water partition coefficient (Wildman–Crippen LogP) is 0.412. The molecule has 0 unspecified atom stereocenters. The summed E-state index contributed by atoms with van der Waals surface area (Å²) in [4.78, 5) is 11.5. The van der Waals surface area contributed by atoms with Crippen molar-refractivity contribution in [2.24, 2.45) is 0 Å². The van der Waals surface area contributed by atoms with Crippen molar-refractivity contribution in [3.63, 3.8) is 0 Å². The predicted molar refractivity (Wildman–Crippen MR) is 39.0 cm³/mol. The molecule has 1 amide bonds. The number of hydrogen-bond donors (Lipinski definition) is 2. The average molecular weight is 155 g/mol. The van der Waals surface area contributed by atoms with Crippen LogP contribution in [0.3, 0.4) is 0 Å². The molecule has 0 atom stereocenters. The maximum absolute atomic E-state index is 10.3. The first kappa shape index (κ1) is 7.81. The summed E-state index contributed by atoms with van der Waals surface area (Å²) >= 11 is 0. The van der Waals surface area contributed by atoms with Gasteiger partial charge in [-0.3, -0.25) is 4.90 Å². The SMILES string of the molecule is O=C(O)N1C=CC(CO)=CC1. The Balaban J connectivity index is 2.57. The summed E-state index contributed by atoms with van der Waals surface area (Å²) in [7, 11) is 0. The molecular weight excluding hydrogens is 146 g/mol. The summed E-state index contributed by atoms with van der Waals surface area (Å²) in [5, 5.41) is 17.1. The number of rotatable bonds is 1. The summed E-state index contributed by atoms with van der Waals surface area (Å²) in [5.41, 5.74) is 0.752. The molecule has 0 aromatic carbocycles. The van der Waals surface area contributed by atoms with Crippen molar-refractivity contribution in [3.05, 3.63) is 23.9 Å². The van der Waals surface area contributed by atoms with E-state index in [-0.39, 0.29) is 6.61 Å². The lowest BCUT2D eigenvalue weighted by molar-refractivity contribution is 0.166. The first-order chi connectivity index (χ1) is 5.24. The Bertz CT molecular complexity index is 220. The molecule has 0 aromatic heterocycles. The second-order valence-corrected chi connectivity index (χ2v) is 2.19. The van der Waals surface area contributed by atoms with Crippen LogP contribution in [-0.4, -0.2) is 34.4 Å². The van der Waals surface area contributed by atoms with Gasteiger partial charge in [0.25, 0.3) is 0 Å². The van der Waals surface area contributed by atoms with Gasteiger partial charge in [0.05, 0.1) is 6.61 Å². The van der Waals surface area contributed by atoms with Crippen molar-refractivity contribution >= 4 is 6.09 Å². The molecule has 1 aliphatic heterocycles. The van der Waals surface area contributed by atoms with Gasteiger partial charge in [0.2, 0.25) is 0 Å². The molecule has 1 aliphatic rings. The third-order valence-corrected chi connectivity index (χ3v) is 1.45. The van der Waals surface area contributed by atoms with Crippen molar-refractivity contribution in [3.8, 4) is 0 Å². The van der Waals surface area contributed by atoms with Crippen molar-refractivity contribution in [1.29, 1.82) is 0 Å². The maximum atomic E-state index is 10.3. The second kappa shape index (κ2) is 3.21. The molecule has 0 aromatic rings. The van der Waals surface area contributed by atoms with Crippen LogP contribution in [0.2, 0.25) is 0 Å². The number of aliphatic hydroxyl groups excluding tert-OH is 1. The Morgan fingerprint density at radius 2 is 2.45 bits per heavy atom. The molecular formula is C7H9NO3. The van der Waals surface area contributed by atoms with Crippen molar-refractivity contribution in [1.82, 2.24) is 4.90 Å². The molecule has 0 bridgehead atoms. The highest BCUT2D eigenvalue weighted by Crippen LogP contribution is 2.05. The van der Waals surface area contributed by atoms with Crippen LogP contribution in [0.1, 0.15) is 0 Å². The smallest absolute Gasteiger partial charge is 0.411 e. The lowest BCUT2D eigenvalue weighted by atomic mass is 10.2. The first-order valence-electron chi connectivity index (χ1n) is 3.21. The molecule has 0 radical (unpaired) electrons. The topological polar surface area (TPSA) is 60.8 Å². The monoisotopic (exact) mass is 155 g/mol. The van der Waals surface area contributed by atoms with Crippen LogP contribution in [-0.2, 0) is 0 Å². The molecule has 4 nitrogen and oxygen atoms in total. The van der Waals surface area contributed by atoms with E-state index in [0.29, 0.717) is 6.54 Å². The van der Waals surface area contributed by atoms with E-state index < -0.39 is 6.09 Å². The third-order valence-electron chi connectivity index (χ3n) is 1.45. The third kappa shape index (κ3) is 1.81. The Kier molecular flexibility index (Phi) is 2.28. The minimum Gasteiger partial charge on any atom is -0.465 e. The van der Waals surface area contributed by atoms with E-state index >= 15 is 0 Å². The number of nitrogens with zero attached hydrogens (tertiary/aromatic N) is 1. The van der Waals surface area contributed by atoms with Gasteiger partial charge in [-0.25, -0.2) is 4.79 Å². The lowest BCUT2D eigenvalue weighted by Gasteiger charge is -2.15. The van der Waals surface area contributed by atoms with Crippen LogP contribution >= 0.6 is 0 Å². The van der Waals surface area contributed by atoms with Crippen LogP contribution < -0.4 is 0 Å². The highest BCUT2D eigenvalue weighted by atomic mass is 16.4. The largest absolute Gasteiger partial charge is 0.465 e. The fourth-order valence-electron chi connectivity index (χ4n) is 0.789. The van der Waals surface area contributed by atoms with Crippen molar-refractivity contribution in [2.75, 3.05) is 13.2 Å². The molecule has 1 heterocycles. The van der Waals surface area contributed by atoms with E-state index in [1.54, 1.807) is 12.2 Å². The van der Waals surface area contributed by atoms with E-state index in [1.165, 1.54) is 6.20 Å². The molecule has 0 fully saturated rings. The average Bonchev–Trinajstić information content (AvgIpc) is 2.05. The highest BCUT2D eigenvalue weighted by molar-refractivity contribution is 5.67. The van der Waals surface area contributed by atoms with Gasteiger partial charge < -0.3 is 10.2 Å². The Morgan fingerprint density at radius 1 is 1.73 bits per heavy atom. The molecule has 1 rings (SSSR count). The van der Waals surface area contributed by atoms with E-state index in [4.69, 9.17) is 10.2 Å². The summed E-state index contributed by atoms with van der Waals surface area (Å²) < 4.78 is 0. The van der Waals surface area contributed by atoms with E-state index in [0.717, 1.165) is 10.5 Å². The maximum Gasteiger partial charge on any atom is 0.411 e. The molecule has 60 valence electrons. The van der Waals surface area contributed by atoms with Gasteiger partial charge in [-0.15, -0.1) is 0 Å². The molecule has 2 N–H and O–H groups in total. The van der Waals surface area contributed by atoms with E-state index in [1.807, 2.05) is 0 Å². The van der Waals surface area contributed by atoms with Gasteiger partial charge >= 0.3 is 6.09 Å². The first-order valence-corrected chi connectivity index (χ1v) is 3.21. The van der Waals surface area contributed by atoms with Gasteiger partial charge in [0.15, 0.2) is 0 Å². The Labute approximate surface area is 64.1 Å². The summed E-state index contributed by atoms with van der Waals surface area (Å²) in [6.07, 6.45) is 3.72. The van der Waals surface area contributed by atoms with Gasteiger partial charge in [-0.2, -0.15) is 0 Å². The lowest BCUT2D eigenvalue weighted by Crippen LogP contribution is -2.25. The molecule has 11 heavy (non-hydrogen) atoms. The number of carbonyl (C=O) groups is 1. The normalized spacial score (nSPS) is 16.5. The molecule has 0 spiro atoms. The zero-order valence-corrected chi connectivity index (χ0v) is 5.90. The summed E-state index contributed by atoms with van der Waals surface area (Å²) in [5.74, 6) is 0. The quantitative estimate of drug-likeness (QED) is 0.576. The number of amides is 1. The van der Waals surface area contributed by atoms with Crippen LogP contribution in [0.5, 0.6) is 0 Å². The van der Waals surface area contributed by atoms with Gasteiger partial charge in [-0.05, 0) is 11.6 Å². The molecule has 0 saturated carbocycles. The van der Waals surface area contributed by atoms with Gasteiger partial charge in [0.1, 0.15) is 0 Å². The molecule has 0 aliphatic carbocycles. The van der Waals surface area contributed by atoms with E-state index in [9.17, 15) is 4.79 Å². The van der Waals surface area contributed by atoms with Gasteiger partial charge in [0, 0.05) is 12.7 Å². The summed E-state index contributed by atoms with van der Waals surface area (Å²) in [6.45, 7) is 0.283. The standard InChI is InChI=1S/C7H9NO3/c9-5-6-1-3-8(4-2-6)7(10)11/h1-3,9H,4-5H2,(H,10,11). The fraction of sp³-hybridized carbons (Fsp3) is 0.286. The molecule has 4 heteroatoms. The van der Waals surface area contributed by atoms with Crippen LogP contribution in [0.4, 0.5) is 4.79 Å².